The van der Waals surface area contributed by atoms with Crippen molar-refractivity contribution in [1.29, 1.82) is 0 Å². The van der Waals surface area contributed by atoms with Gasteiger partial charge in [-0.1, -0.05) is 17.3 Å². The maximum atomic E-state index is 11.7. The number of amides is 2. The molecular weight excluding hydrogens is 350 g/mol. The number of rotatable bonds is 7. The van der Waals surface area contributed by atoms with Crippen LogP contribution < -0.4 is 21.1 Å². The number of ether oxygens (including phenoxy) is 1. The molecule has 1 heterocycles. The van der Waals surface area contributed by atoms with Crippen molar-refractivity contribution in [2.75, 3.05) is 20.2 Å². The molecule has 0 spiro atoms. The highest BCUT2D eigenvalue weighted by Gasteiger charge is 2.17. The van der Waals surface area contributed by atoms with Gasteiger partial charge in [-0.15, -0.1) is 12.4 Å². The average molecular weight is 370 g/mol. The van der Waals surface area contributed by atoms with Crippen LogP contribution in [0.1, 0.15) is 18.9 Å². The van der Waals surface area contributed by atoms with Gasteiger partial charge in [0.15, 0.2) is 0 Å². The zero-order chi connectivity index (χ0) is 17.5. The van der Waals surface area contributed by atoms with Crippen LogP contribution in [-0.2, 0) is 9.59 Å². The lowest BCUT2D eigenvalue weighted by atomic mass is 10.2. The molecule has 2 amide bonds. The molecule has 0 saturated carbocycles. The van der Waals surface area contributed by atoms with E-state index in [-0.39, 0.29) is 37.3 Å². The quantitative estimate of drug-likeness (QED) is 0.644. The number of halogens is 1. The van der Waals surface area contributed by atoms with Gasteiger partial charge in [0.1, 0.15) is 11.8 Å². The molecule has 1 unspecified atom stereocenters. The van der Waals surface area contributed by atoms with E-state index in [1.165, 1.54) is 0 Å². The van der Waals surface area contributed by atoms with E-state index in [0.717, 1.165) is 5.56 Å². The molecule has 0 aliphatic rings. The highest BCUT2D eigenvalue weighted by molar-refractivity contribution is 5.85. The van der Waals surface area contributed by atoms with Crippen molar-refractivity contribution < 1.29 is 18.8 Å². The van der Waals surface area contributed by atoms with Gasteiger partial charge in [-0.25, -0.2) is 0 Å². The van der Waals surface area contributed by atoms with Crippen LogP contribution in [0, 0.1) is 0 Å². The summed E-state index contributed by atoms with van der Waals surface area (Å²) in [6.45, 7) is 1.36. The first-order valence-corrected chi connectivity index (χ1v) is 7.27. The second kappa shape index (κ2) is 9.60. The second-order valence-corrected chi connectivity index (χ2v) is 4.96. The summed E-state index contributed by atoms with van der Waals surface area (Å²) >= 11 is 0. The van der Waals surface area contributed by atoms with Gasteiger partial charge >= 0.3 is 0 Å². The molecule has 0 fully saturated rings. The highest BCUT2D eigenvalue weighted by atomic mass is 35.5. The molecule has 0 radical (unpaired) electrons. The minimum atomic E-state index is -0.501. The number of benzene rings is 1. The largest absolute Gasteiger partial charge is 0.497 e. The molecule has 1 atom stereocenters. The zero-order valence-electron chi connectivity index (χ0n) is 13.8. The molecule has 0 aliphatic carbocycles. The lowest BCUT2D eigenvalue weighted by molar-refractivity contribution is -0.125. The number of carbonyl (C=O) groups excluding carboxylic acids is 2. The second-order valence-electron chi connectivity index (χ2n) is 4.96. The van der Waals surface area contributed by atoms with E-state index in [4.69, 9.17) is 15.0 Å². The Labute approximate surface area is 150 Å². The van der Waals surface area contributed by atoms with Crippen LogP contribution in [0.15, 0.2) is 28.8 Å². The van der Waals surface area contributed by atoms with E-state index in [9.17, 15) is 9.59 Å². The predicted octanol–water partition coefficient (Wildman–Crippen LogP) is 0.419. The Balaban J connectivity index is 0.00000312. The number of nitrogens with zero attached hydrogens (tertiary/aromatic N) is 2. The van der Waals surface area contributed by atoms with Gasteiger partial charge in [-0.05, 0) is 19.1 Å². The SMILES string of the molecule is COc1cccc(-c2noc(C(C)NC(=O)CNC(=O)CN)n2)c1.Cl. The molecule has 1 aromatic carbocycles. The van der Waals surface area contributed by atoms with Crippen LogP contribution in [0.5, 0.6) is 5.75 Å². The van der Waals surface area contributed by atoms with Crippen molar-refractivity contribution in [2.45, 2.75) is 13.0 Å². The number of carbonyl (C=O) groups is 2. The van der Waals surface area contributed by atoms with Gasteiger partial charge < -0.3 is 25.6 Å². The summed E-state index contributed by atoms with van der Waals surface area (Å²) in [5.41, 5.74) is 5.88. The van der Waals surface area contributed by atoms with Gasteiger partial charge in [0, 0.05) is 5.56 Å². The Morgan fingerprint density at radius 1 is 1.36 bits per heavy atom. The lowest BCUT2D eigenvalue weighted by Crippen LogP contribution is -2.40. The van der Waals surface area contributed by atoms with E-state index >= 15 is 0 Å². The van der Waals surface area contributed by atoms with Crippen LogP contribution in [0.25, 0.3) is 11.4 Å². The van der Waals surface area contributed by atoms with Crippen molar-refractivity contribution in [3.63, 3.8) is 0 Å². The Bertz CT molecular complexity index is 721. The van der Waals surface area contributed by atoms with E-state index in [1.54, 1.807) is 20.1 Å². The number of aromatic nitrogens is 2. The summed E-state index contributed by atoms with van der Waals surface area (Å²) < 4.78 is 10.3. The van der Waals surface area contributed by atoms with Crippen LogP contribution in [-0.4, -0.2) is 42.2 Å². The van der Waals surface area contributed by atoms with Crippen LogP contribution >= 0.6 is 12.4 Å². The fourth-order valence-corrected chi connectivity index (χ4v) is 1.90. The van der Waals surface area contributed by atoms with Crippen LogP contribution in [0.3, 0.4) is 0 Å². The molecule has 9 nitrogen and oxygen atoms in total. The van der Waals surface area contributed by atoms with Gasteiger partial charge in [0.2, 0.25) is 23.5 Å². The predicted molar refractivity (Wildman–Crippen MR) is 92.2 cm³/mol. The lowest BCUT2D eigenvalue weighted by Gasteiger charge is -2.09. The normalized spacial score (nSPS) is 11.2. The van der Waals surface area contributed by atoms with Gasteiger partial charge in [0.25, 0.3) is 0 Å². The smallest absolute Gasteiger partial charge is 0.249 e. The third-order valence-corrected chi connectivity index (χ3v) is 3.15. The van der Waals surface area contributed by atoms with Gasteiger partial charge in [-0.3, -0.25) is 9.59 Å². The zero-order valence-corrected chi connectivity index (χ0v) is 14.6. The molecule has 0 aliphatic heterocycles. The third-order valence-electron chi connectivity index (χ3n) is 3.15. The first kappa shape index (κ1) is 20.4. The van der Waals surface area contributed by atoms with Crippen molar-refractivity contribution in [1.82, 2.24) is 20.8 Å². The maximum Gasteiger partial charge on any atom is 0.249 e. The molecule has 2 rings (SSSR count). The molecule has 4 N–H and O–H groups in total. The fourth-order valence-electron chi connectivity index (χ4n) is 1.90. The van der Waals surface area contributed by atoms with Gasteiger partial charge in [0.05, 0.1) is 20.2 Å². The molecular formula is C15H20ClN5O4. The summed E-state index contributed by atoms with van der Waals surface area (Å²) in [4.78, 5) is 27.0. The van der Waals surface area contributed by atoms with E-state index < -0.39 is 11.9 Å². The number of nitrogens with two attached hydrogens (primary N) is 1. The molecule has 2 aromatic rings. The summed E-state index contributed by atoms with van der Waals surface area (Å²) in [6, 6.07) is 6.72. The number of nitrogens with one attached hydrogen (secondary N) is 2. The Morgan fingerprint density at radius 3 is 2.80 bits per heavy atom. The summed E-state index contributed by atoms with van der Waals surface area (Å²) in [7, 11) is 1.57. The summed E-state index contributed by atoms with van der Waals surface area (Å²) in [6.07, 6.45) is 0. The number of hydrogen-bond acceptors (Lipinski definition) is 7. The van der Waals surface area contributed by atoms with Crippen LogP contribution in [0.4, 0.5) is 0 Å². The summed E-state index contributed by atoms with van der Waals surface area (Å²) in [5, 5.41) is 8.92. The van der Waals surface area contributed by atoms with Crippen molar-refractivity contribution >= 4 is 24.2 Å². The standard InChI is InChI=1S/C15H19N5O4.ClH/c1-9(18-13(22)8-17-12(21)7-16)15-19-14(20-24-15)10-4-3-5-11(6-10)23-2;/h3-6,9H,7-8,16H2,1-2H3,(H,17,21)(H,18,22);1H. The Morgan fingerprint density at radius 2 is 2.12 bits per heavy atom. The molecule has 25 heavy (non-hydrogen) atoms. The molecule has 0 saturated heterocycles. The maximum absolute atomic E-state index is 11.7. The topological polar surface area (TPSA) is 132 Å². The van der Waals surface area contributed by atoms with Crippen molar-refractivity contribution in [3.8, 4) is 17.1 Å². The van der Waals surface area contributed by atoms with E-state index in [2.05, 4.69) is 20.8 Å². The minimum absolute atomic E-state index is 0. The minimum Gasteiger partial charge on any atom is -0.497 e. The van der Waals surface area contributed by atoms with E-state index in [0.29, 0.717) is 11.6 Å². The average Bonchev–Trinajstić information content (AvgIpc) is 3.10. The molecule has 10 heteroatoms. The highest BCUT2D eigenvalue weighted by Crippen LogP contribution is 2.22. The number of hydrogen-bond donors (Lipinski definition) is 3. The molecule has 1 aromatic heterocycles. The Kier molecular flexibility index (Phi) is 7.83. The fraction of sp³-hybridized carbons (Fsp3) is 0.333. The number of methoxy groups -OCH3 is 1. The van der Waals surface area contributed by atoms with E-state index in [1.807, 2.05) is 18.2 Å². The third kappa shape index (κ3) is 5.73. The first-order valence-electron chi connectivity index (χ1n) is 7.27. The first-order chi connectivity index (χ1) is 11.5. The monoisotopic (exact) mass is 369 g/mol. The summed E-state index contributed by atoms with van der Waals surface area (Å²) in [5.74, 6) is 0.532. The molecule has 0 bridgehead atoms. The molecule has 136 valence electrons. The van der Waals surface area contributed by atoms with Crippen molar-refractivity contribution in [2.24, 2.45) is 5.73 Å². The van der Waals surface area contributed by atoms with Crippen LogP contribution in [0.2, 0.25) is 0 Å². The Hall–Kier alpha value is -2.65. The van der Waals surface area contributed by atoms with Gasteiger partial charge in [-0.2, -0.15) is 4.98 Å². The van der Waals surface area contributed by atoms with Crippen molar-refractivity contribution in [3.05, 3.63) is 30.2 Å².